The van der Waals surface area contributed by atoms with Crippen molar-refractivity contribution in [2.24, 2.45) is 0 Å². The lowest BCUT2D eigenvalue weighted by Crippen LogP contribution is -2.41. The van der Waals surface area contributed by atoms with E-state index in [0.717, 1.165) is 17.3 Å². The normalized spacial score (nSPS) is 10.6. The fraction of sp³-hybridized carbons (Fsp3) is 0.100. The lowest BCUT2D eigenvalue weighted by atomic mass is 9.98. The highest BCUT2D eigenvalue weighted by Gasteiger charge is 2.31. The third-order valence-electron chi connectivity index (χ3n) is 6.13. The molecule has 0 aliphatic carbocycles. The molecule has 0 spiro atoms. The number of aromatic nitrogens is 3. The summed E-state index contributed by atoms with van der Waals surface area (Å²) in [5, 5.41) is 13.1. The van der Waals surface area contributed by atoms with E-state index in [1.807, 2.05) is 42.5 Å². The maximum Gasteiger partial charge on any atom is 0.438 e. The Kier molecular flexibility index (Phi) is 7.75. The summed E-state index contributed by atoms with van der Waals surface area (Å²) in [5.41, 5.74) is 2.53. The van der Waals surface area contributed by atoms with E-state index in [1.54, 1.807) is 56.7 Å². The first kappa shape index (κ1) is 26.5. The molecule has 0 radical (unpaired) electrons. The van der Waals surface area contributed by atoms with E-state index in [2.05, 4.69) is 11.3 Å². The van der Waals surface area contributed by atoms with Crippen LogP contribution >= 0.6 is 11.8 Å². The number of nitriles is 1. The fourth-order valence-corrected chi connectivity index (χ4v) is 5.07. The maximum absolute atomic E-state index is 13.3. The lowest BCUT2D eigenvalue weighted by Gasteiger charge is -2.15. The van der Waals surface area contributed by atoms with E-state index < -0.39 is 11.4 Å². The molecule has 5 rings (SSSR count). The van der Waals surface area contributed by atoms with Gasteiger partial charge in [0.05, 0.1) is 31.2 Å². The Bertz CT molecular complexity index is 1780. The van der Waals surface area contributed by atoms with Crippen molar-refractivity contribution in [2.45, 2.75) is 5.03 Å². The Labute approximate surface area is 233 Å². The van der Waals surface area contributed by atoms with Gasteiger partial charge in [0.1, 0.15) is 22.6 Å². The highest BCUT2D eigenvalue weighted by Crippen LogP contribution is 2.40. The summed E-state index contributed by atoms with van der Waals surface area (Å²) in [6.07, 6.45) is 0. The number of aromatic amines is 1. The predicted octanol–water partition coefficient (Wildman–Crippen LogP) is 4.84. The molecule has 0 atom stereocenters. The average molecular weight is 552 g/mol. The van der Waals surface area contributed by atoms with E-state index in [0.29, 0.717) is 39.0 Å². The smallest absolute Gasteiger partial charge is 0.438 e. The van der Waals surface area contributed by atoms with Crippen LogP contribution in [-0.2, 0) is 0 Å². The molecule has 0 amide bonds. The van der Waals surface area contributed by atoms with Gasteiger partial charge in [-0.15, -0.1) is 0 Å². The number of Topliss-reactive ketones (excluding diaryl/α,β-unsaturated/α-hetero) is 1. The number of thioether (sulfide) groups is 1. The van der Waals surface area contributed by atoms with Gasteiger partial charge in [0.2, 0.25) is 11.5 Å². The maximum atomic E-state index is 13.3. The van der Waals surface area contributed by atoms with Crippen LogP contribution in [0.3, 0.4) is 0 Å². The Morgan fingerprint density at radius 3 is 2.40 bits per heavy atom. The molecule has 0 saturated carbocycles. The van der Waals surface area contributed by atoms with Gasteiger partial charge in [0, 0.05) is 28.8 Å². The van der Waals surface area contributed by atoms with Crippen LogP contribution in [0.2, 0.25) is 0 Å². The van der Waals surface area contributed by atoms with Gasteiger partial charge < -0.3 is 9.47 Å². The number of benzene rings is 3. The minimum Gasteiger partial charge on any atom is -0.497 e. The molecule has 0 saturated heterocycles. The number of carbonyl (C=O) groups is 1. The van der Waals surface area contributed by atoms with Crippen molar-refractivity contribution in [1.29, 1.82) is 5.26 Å². The fourth-order valence-electron chi connectivity index (χ4n) is 4.20. The molecule has 0 fully saturated rings. The zero-order chi connectivity index (χ0) is 28.1. The summed E-state index contributed by atoms with van der Waals surface area (Å²) >= 11 is 1.07. The molecule has 0 aliphatic heterocycles. The van der Waals surface area contributed by atoms with Crippen LogP contribution in [0.15, 0.2) is 99.3 Å². The zero-order valence-corrected chi connectivity index (χ0v) is 22.4. The van der Waals surface area contributed by atoms with Crippen molar-refractivity contribution in [2.75, 3.05) is 20.0 Å². The van der Waals surface area contributed by atoms with Gasteiger partial charge in [-0.3, -0.25) is 9.32 Å². The first-order valence-corrected chi connectivity index (χ1v) is 13.1. The standard InChI is InChI=1S/C30H22N4O5S/c1-37-21-13-14-27(38-2)23(15-21)22-16-25(19-9-5-3-6-10-19)32-29(24(22)17-31)40-18-26(35)28-30(36)39-33-34(28)20-11-7-4-8-12-20/h3-16H,18H2,1-2H3/p+1. The van der Waals surface area contributed by atoms with Crippen LogP contribution in [0.5, 0.6) is 11.5 Å². The van der Waals surface area contributed by atoms with Crippen LogP contribution in [0, 0.1) is 11.3 Å². The Morgan fingerprint density at radius 2 is 1.73 bits per heavy atom. The number of hydrogen-bond acceptors (Lipinski definition) is 8. The van der Waals surface area contributed by atoms with Gasteiger partial charge in [-0.1, -0.05) is 60.3 Å². The van der Waals surface area contributed by atoms with Crippen LogP contribution in [0.25, 0.3) is 28.1 Å². The number of hydrogen-bond donors (Lipinski definition) is 1. The second kappa shape index (κ2) is 11.7. The van der Waals surface area contributed by atoms with Crippen molar-refractivity contribution < 1.29 is 23.5 Å². The van der Waals surface area contributed by atoms with Crippen LogP contribution in [0.4, 0.5) is 0 Å². The highest BCUT2D eigenvalue weighted by molar-refractivity contribution is 8.00. The second-order valence-electron chi connectivity index (χ2n) is 8.49. The van der Waals surface area contributed by atoms with Gasteiger partial charge in [0.15, 0.2) is 0 Å². The monoisotopic (exact) mass is 551 g/mol. The van der Waals surface area contributed by atoms with E-state index in [-0.39, 0.29) is 17.0 Å². The highest BCUT2D eigenvalue weighted by atomic mass is 32.2. The summed E-state index contributed by atoms with van der Waals surface area (Å²) in [6.45, 7) is 0. The van der Waals surface area contributed by atoms with Crippen molar-refractivity contribution >= 4 is 17.5 Å². The number of carbonyl (C=O) groups excluding carboxylic acids is 1. The Morgan fingerprint density at radius 1 is 1.00 bits per heavy atom. The summed E-state index contributed by atoms with van der Waals surface area (Å²) in [7, 11) is 3.11. The van der Waals surface area contributed by atoms with Crippen molar-refractivity contribution in [1.82, 2.24) is 10.3 Å². The summed E-state index contributed by atoms with van der Waals surface area (Å²) in [4.78, 5) is 30.5. The molecular weight excluding hydrogens is 528 g/mol. The number of rotatable bonds is 9. The summed E-state index contributed by atoms with van der Waals surface area (Å²) < 4.78 is 17.3. The average Bonchev–Trinajstić information content (AvgIpc) is 3.41. The van der Waals surface area contributed by atoms with Gasteiger partial charge in [0.25, 0.3) is 0 Å². The number of para-hydroxylation sites is 1. The molecule has 2 aromatic heterocycles. The number of methoxy groups -OCH3 is 2. The zero-order valence-electron chi connectivity index (χ0n) is 21.6. The third-order valence-corrected chi connectivity index (χ3v) is 7.10. The minimum atomic E-state index is -0.789. The largest absolute Gasteiger partial charge is 0.497 e. The molecule has 0 aliphatic rings. The molecule has 1 N–H and O–H groups in total. The summed E-state index contributed by atoms with van der Waals surface area (Å²) in [5.74, 6) is 0.486. The molecule has 0 unspecified atom stereocenters. The molecule has 0 bridgehead atoms. The Balaban J connectivity index is 1.59. The van der Waals surface area contributed by atoms with E-state index in [4.69, 9.17) is 19.0 Å². The van der Waals surface area contributed by atoms with Crippen molar-refractivity contribution in [3.05, 3.63) is 107 Å². The van der Waals surface area contributed by atoms with Crippen LogP contribution in [-0.4, -0.2) is 36.0 Å². The molecule has 40 heavy (non-hydrogen) atoms. The minimum absolute atomic E-state index is 0.161. The predicted molar refractivity (Wildman–Crippen MR) is 149 cm³/mol. The molecule has 198 valence electrons. The topological polar surface area (TPSA) is 122 Å². The van der Waals surface area contributed by atoms with Gasteiger partial charge in [-0.05, 0) is 34.2 Å². The molecule has 5 aromatic rings. The number of ketones is 1. The number of pyridine rings is 1. The number of nitrogens with zero attached hydrogens (tertiary/aromatic N) is 3. The number of ether oxygens (including phenoxy) is 2. The van der Waals surface area contributed by atoms with Crippen molar-refractivity contribution in [3.8, 4) is 45.6 Å². The molecule has 3 aromatic carbocycles. The Hall–Kier alpha value is -5.14. The first-order valence-electron chi connectivity index (χ1n) is 12.1. The molecule has 2 heterocycles. The van der Waals surface area contributed by atoms with Gasteiger partial charge in [-0.25, -0.2) is 9.78 Å². The second-order valence-corrected chi connectivity index (χ2v) is 9.46. The van der Waals surface area contributed by atoms with Crippen molar-refractivity contribution in [3.63, 3.8) is 0 Å². The summed E-state index contributed by atoms with van der Waals surface area (Å²) in [6, 6.07) is 27.8. The molecule has 9 nitrogen and oxygen atoms in total. The SMILES string of the molecule is COc1ccc(OC)c(-c2cc(-c3ccccc3)nc(SCC(=O)c3c(=O)o[nH][n+]3-c3ccccc3)c2C#N)c1. The number of nitrogens with one attached hydrogen (secondary N) is 1. The van der Waals surface area contributed by atoms with E-state index >= 15 is 0 Å². The van der Waals surface area contributed by atoms with E-state index in [1.165, 1.54) is 4.68 Å². The lowest BCUT2D eigenvalue weighted by molar-refractivity contribution is -0.672. The van der Waals surface area contributed by atoms with E-state index in [9.17, 15) is 14.9 Å². The number of H-pyrrole nitrogens is 1. The van der Waals surface area contributed by atoms with Gasteiger partial charge >= 0.3 is 11.3 Å². The molecular formula is C30H23N4O5S+. The van der Waals surface area contributed by atoms with Crippen LogP contribution in [0.1, 0.15) is 16.1 Å². The third kappa shape index (κ3) is 5.23. The molecule has 10 heteroatoms. The van der Waals surface area contributed by atoms with Crippen LogP contribution < -0.4 is 19.8 Å². The first-order chi connectivity index (χ1) is 19.5. The van der Waals surface area contributed by atoms with Gasteiger partial charge in [-0.2, -0.15) is 5.26 Å². The quantitative estimate of drug-likeness (QED) is 0.157.